The van der Waals surface area contributed by atoms with Crippen LogP contribution in [0.4, 0.5) is 0 Å². The third-order valence-electron chi connectivity index (χ3n) is 1.85. The zero-order valence-electron chi connectivity index (χ0n) is 7.46. The van der Waals surface area contributed by atoms with Crippen molar-refractivity contribution in [1.29, 1.82) is 0 Å². The van der Waals surface area contributed by atoms with Crippen LogP contribution in [0.25, 0.3) is 0 Å². The highest BCUT2D eigenvalue weighted by atomic mass is 35.5. The maximum absolute atomic E-state index is 5.82. The van der Waals surface area contributed by atoms with E-state index in [2.05, 4.69) is 0 Å². The predicted molar refractivity (Wildman–Crippen MR) is 54.0 cm³/mol. The highest BCUT2D eigenvalue weighted by Gasteiger charge is 2.10. The van der Waals surface area contributed by atoms with Crippen molar-refractivity contribution in [2.24, 2.45) is 11.5 Å². The first-order chi connectivity index (χ1) is 6.19. The average molecular weight is 201 g/mol. The maximum Gasteiger partial charge on any atom is 0.123 e. The van der Waals surface area contributed by atoms with E-state index in [0.717, 1.165) is 11.3 Å². The van der Waals surface area contributed by atoms with Gasteiger partial charge in [0, 0.05) is 23.2 Å². The van der Waals surface area contributed by atoms with Crippen molar-refractivity contribution < 1.29 is 4.74 Å². The van der Waals surface area contributed by atoms with Gasteiger partial charge in [-0.1, -0.05) is 11.6 Å². The summed E-state index contributed by atoms with van der Waals surface area (Å²) >= 11 is 5.82. The lowest BCUT2D eigenvalue weighted by Crippen LogP contribution is -2.21. The van der Waals surface area contributed by atoms with Crippen LogP contribution in [0.5, 0.6) is 5.75 Å². The van der Waals surface area contributed by atoms with Crippen LogP contribution in [0.15, 0.2) is 18.2 Å². The lowest BCUT2D eigenvalue weighted by Gasteiger charge is -2.13. The van der Waals surface area contributed by atoms with E-state index in [1.165, 1.54) is 0 Å². The molecule has 1 aromatic carbocycles. The number of ether oxygens (including phenoxy) is 1. The van der Waals surface area contributed by atoms with Crippen molar-refractivity contribution in [3.05, 3.63) is 28.8 Å². The van der Waals surface area contributed by atoms with Crippen molar-refractivity contribution >= 4 is 11.6 Å². The summed E-state index contributed by atoms with van der Waals surface area (Å²) in [4.78, 5) is 0. The molecule has 0 saturated carbocycles. The van der Waals surface area contributed by atoms with Gasteiger partial charge in [0.25, 0.3) is 0 Å². The minimum Gasteiger partial charge on any atom is -0.496 e. The van der Waals surface area contributed by atoms with E-state index >= 15 is 0 Å². The molecule has 0 aliphatic rings. The lowest BCUT2D eigenvalue weighted by atomic mass is 10.1. The normalized spacial score (nSPS) is 12.6. The van der Waals surface area contributed by atoms with Crippen LogP contribution in [0.3, 0.4) is 0 Å². The van der Waals surface area contributed by atoms with Gasteiger partial charge in [-0.3, -0.25) is 0 Å². The van der Waals surface area contributed by atoms with Gasteiger partial charge in [0.1, 0.15) is 5.75 Å². The molecule has 0 aliphatic carbocycles. The molecule has 0 unspecified atom stereocenters. The third-order valence-corrected chi connectivity index (χ3v) is 2.08. The molecule has 1 rings (SSSR count). The standard InChI is InChI=1S/C9H13ClN2O/c1-13-9-3-2-6(10)4-7(9)8(12)5-11/h2-4,8H,5,11-12H2,1H3/t8-/m0/s1. The van der Waals surface area contributed by atoms with Crippen molar-refractivity contribution in [1.82, 2.24) is 0 Å². The topological polar surface area (TPSA) is 61.3 Å². The Kier molecular flexibility index (Phi) is 3.54. The molecule has 0 fully saturated rings. The van der Waals surface area contributed by atoms with Gasteiger partial charge in [0.05, 0.1) is 7.11 Å². The Morgan fingerprint density at radius 1 is 1.54 bits per heavy atom. The monoisotopic (exact) mass is 200 g/mol. The largest absolute Gasteiger partial charge is 0.496 e. The third kappa shape index (κ3) is 2.34. The summed E-state index contributed by atoms with van der Waals surface area (Å²) < 4.78 is 5.13. The van der Waals surface area contributed by atoms with Gasteiger partial charge in [0.2, 0.25) is 0 Å². The van der Waals surface area contributed by atoms with E-state index in [-0.39, 0.29) is 6.04 Å². The second-order valence-corrected chi connectivity index (χ2v) is 3.16. The summed E-state index contributed by atoms with van der Waals surface area (Å²) in [5, 5.41) is 0.639. The maximum atomic E-state index is 5.82. The Morgan fingerprint density at radius 3 is 2.77 bits per heavy atom. The average Bonchev–Trinajstić information content (AvgIpc) is 2.16. The zero-order chi connectivity index (χ0) is 9.84. The van der Waals surface area contributed by atoms with Crippen molar-refractivity contribution in [2.75, 3.05) is 13.7 Å². The number of nitrogens with two attached hydrogens (primary N) is 2. The van der Waals surface area contributed by atoms with Crippen molar-refractivity contribution in [3.8, 4) is 5.75 Å². The Balaban J connectivity index is 3.07. The first kappa shape index (κ1) is 10.3. The van der Waals surface area contributed by atoms with Crippen LogP contribution < -0.4 is 16.2 Å². The molecule has 4 heteroatoms. The summed E-state index contributed by atoms with van der Waals surface area (Å²) in [6, 6.07) is 5.09. The molecule has 1 aromatic rings. The molecular weight excluding hydrogens is 188 g/mol. The minimum atomic E-state index is -0.228. The van der Waals surface area contributed by atoms with Crippen molar-refractivity contribution in [2.45, 2.75) is 6.04 Å². The molecular formula is C9H13ClN2O. The predicted octanol–water partition coefficient (Wildman–Crippen LogP) is 1.31. The summed E-state index contributed by atoms with van der Waals surface area (Å²) in [6.45, 7) is 0.372. The smallest absolute Gasteiger partial charge is 0.123 e. The fourth-order valence-corrected chi connectivity index (χ4v) is 1.30. The second kappa shape index (κ2) is 4.46. The van der Waals surface area contributed by atoms with Gasteiger partial charge in [-0.05, 0) is 18.2 Å². The van der Waals surface area contributed by atoms with E-state index in [1.807, 2.05) is 0 Å². The van der Waals surface area contributed by atoms with Crippen LogP contribution in [0.1, 0.15) is 11.6 Å². The molecule has 0 aromatic heterocycles. The molecule has 13 heavy (non-hydrogen) atoms. The fourth-order valence-electron chi connectivity index (χ4n) is 1.12. The Labute approximate surface area is 82.6 Å². The summed E-state index contributed by atoms with van der Waals surface area (Å²) in [5.74, 6) is 0.724. The van der Waals surface area contributed by atoms with E-state index in [9.17, 15) is 0 Å². The lowest BCUT2D eigenvalue weighted by molar-refractivity contribution is 0.406. The zero-order valence-corrected chi connectivity index (χ0v) is 8.21. The van der Waals surface area contributed by atoms with Crippen LogP contribution in [-0.4, -0.2) is 13.7 Å². The molecule has 0 radical (unpaired) electrons. The summed E-state index contributed by atoms with van der Waals surface area (Å²) in [7, 11) is 1.59. The van der Waals surface area contributed by atoms with Crippen molar-refractivity contribution in [3.63, 3.8) is 0 Å². The van der Waals surface area contributed by atoms with Gasteiger partial charge in [-0.2, -0.15) is 0 Å². The van der Waals surface area contributed by atoms with Crippen LogP contribution >= 0.6 is 11.6 Å². The molecule has 72 valence electrons. The molecule has 0 amide bonds. The molecule has 1 atom stereocenters. The number of benzene rings is 1. The van der Waals surface area contributed by atoms with Crippen LogP contribution in [-0.2, 0) is 0 Å². The number of methoxy groups -OCH3 is 1. The van der Waals surface area contributed by atoms with E-state index in [4.69, 9.17) is 27.8 Å². The summed E-state index contributed by atoms with van der Waals surface area (Å²) in [5.41, 5.74) is 12.1. The quantitative estimate of drug-likeness (QED) is 0.774. The second-order valence-electron chi connectivity index (χ2n) is 2.73. The van der Waals surface area contributed by atoms with E-state index in [0.29, 0.717) is 11.6 Å². The molecule has 3 nitrogen and oxygen atoms in total. The highest BCUT2D eigenvalue weighted by Crippen LogP contribution is 2.26. The fraction of sp³-hybridized carbons (Fsp3) is 0.333. The molecule has 4 N–H and O–H groups in total. The summed E-state index contributed by atoms with van der Waals surface area (Å²) in [6.07, 6.45) is 0. The Morgan fingerprint density at radius 2 is 2.23 bits per heavy atom. The van der Waals surface area contributed by atoms with Gasteiger partial charge >= 0.3 is 0 Å². The number of hydrogen-bond acceptors (Lipinski definition) is 3. The van der Waals surface area contributed by atoms with E-state index in [1.54, 1.807) is 25.3 Å². The van der Waals surface area contributed by atoms with Gasteiger partial charge < -0.3 is 16.2 Å². The number of rotatable bonds is 3. The molecule has 0 heterocycles. The molecule has 0 saturated heterocycles. The molecule has 0 bridgehead atoms. The van der Waals surface area contributed by atoms with Crippen LogP contribution in [0, 0.1) is 0 Å². The Bertz CT molecular complexity index is 291. The first-order valence-corrected chi connectivity index (χ1v) is 4.36. The van der Waals surface area contributed by atoms with Gasteiger partial charge in [-0.15, -0.1) is 0 Å². The number of hydrogen-bond donors (Lipinski definition) is 2. The highest BCUT2D eigenvalue weighted by molar-refractivity contribution is 6.30. The first-order valence-electron chi connectivity index (χ1n) is 3.98. The van der Waals surface area contributed by atoms with E-state index < -0.39 is 0 Å². The Hall–Kier alpha value is -0.770. The van der Waals surface area contributed by atoms with Crippen LogP contribution in [0.2, 0.25) is 5.02 Å². The SMILES string of the molecule is COc1ccc(Cl)cc1[C@@H](N)CN. The molecule has 0 aliphatic heterocycles. The minimum absolute atomic E-state index is 0.228. The van der Waals surface area contributed by atoms with Gasteiger partial charge in [-0.25, -0.2) is 0 Å². The number of halogens is 1. The molecule has 0 spiro atoms. The van der Waals surface area contributed by atoms with Gasteiger partial charge in [0.15, 0.2) is 0 Å².